The third-order valence-corrected chi connectivity index (χ3v) is 1.21. The van der Waals surface area contributed by atoms with Gasteiger partial charge in [0.05, 0.1) is 11.8 Å². The first-order valence-corrected chi connectivity index (χ1v) is 3.19. The zero-order chi connectivity index (χ0) is 8.97. The second kappa shape index (κ2) is 5.06. The number of hydrogen-bond donors (Lipinski definition) is 3. The van der Waals surface area contributed by atoms with Crippen LogP contribution in [0.4, 0.5) is 5.82 Å². The zero-order valence-corrected chi connectivity index (χ0v) is 7.52. The van der Waals surface area contributed by atoms with Crippen molar-refractivity contribution in [2.45, 2.75) is 0 Å². The molecule has 1 aromatic rings. The van der Waals surface area contributed by atoms with Gasteiger partial charge in [-0.25, -0.2) is 0 Å². The van der Waals surface area contributed by atoms with Gasteiger partial charge in [-0.3, -0.25) is 10.5 Å². The highest BCUT2D eigenvalue weighted by atomic mass is 35.5. The fourth-order valence-electron chi connectivity index (χ4n) is 0.669. The number of nitrogens with zero attached hydrogens (tertiary/aromatic N) is 1. The van der Waals surface area contributed by atoms with Gasteiger partial charge in [-0.2, -0.15) is 5.10 Å². The lowest BCUT2D eigenvalue weighted by Crippen LogP contribution is -2.06. The Balaban J connectivity index is 0.00000144. The highest BCUT2D eigenvalue weighted by molar-refractivity contribution is 5.95. The van der Waals surface area contributed by atoms with E-state index in [-0.39, 0.29) is 24.9 Å². The summed E-state index contributed by atoms with van der Waals surface area (Å²) < 4.78 is 4.82. The summed E-state index contributed by atoms with van der Waals surface area (Å²) in [4.78, 5) is 0. The average molecular weight is 201 g/mol. The van der Waals surface area contributed by atoms with Crippen molar-refractivity contribution < 1.29 is 4.74 Å². The third-order valence-electron chi connectivity index (χ3n) is 1.21. The molecule has 70 valence electrons. The molecule has 0 spiro atoms. The highest BCUT2D eigenvalue weighted by Gasteiger charge is 2.07. The summed E-state index contributed by atoms with van der Waals surface area (Å²) in [5.41, 5.74) is 5.84. The van der Waals surface area contributed by atoms with E-state index in [1.807, 2.05) is 0 Å². The Hall–Kier alpha value is -1.67. The molecule has 1 rings (SSSR count). The molecule has 0 aliphatic carbocycles. The summed E-state index contributed by atoms with van der Waals surface area (Å²) in [7, 11) is 0. The Morgan fingerprint density at radius 1 is 1.85 bits per heavy atom. The third kappa shape index (κ3) is 2.69. The summed E-state index contributed by atoms with van der Waals surface area (Å²) >= 11 is 0. The molecule has 5 nitrogen and oxygen atoms in total. The predicted molar refractivity (Wildman–Crippen MR) is 51.9 cm³/mol. The number of rotatable bonds is 2. The number of terminal acetylenes is 1. The number of aromatic amines is 1. The molecule has 0 aliphatic heterocycles. The first-order chi connectivity index (χ1) is 5.75. The Bertz CT molecular complexity index is 327. The molecular weight excluding hydrogens is 192 g/mol. The highest BCUT2D eigenvalue weighted by Crippen LogP contribution is 2.06. The summed E-state index contributed by atoms with van der Waals surface area (Å²) in [5, 5.41) is 13.4. The average Bonchev–Trinajstić information content (AvgIpc) is 2.47. The van der Waals surface area contributed by atoms with Gasteiger partial charge in [0.25, 0.3) is 0 Å². The molecule has 0 bridgehead atoms. The van der Waals surface area contributed by atoms with Crippen LogP contribution in [0, 0.1) is 17.8 Å². The number of nitrogens with one attached hydrogen (secondary N) is 2. The quantitative estimate of drug-likeness (QED) is 0.367. The van der Waals surface area contributed by atoms with Gasteiger partial charge in [0.1, 0.15) is 5.82 Å². The molecule has 4 N–H and O–H groups in total. The standard InChI is InChI=1S/C7H8N4O.ClH/c1-2-3-12-7(9)5-4-10-11-6(5)8;/h1,4,9H,3H2,(H3,8,10,11);1H. The van der Waals surface area contributed by atoms with E-state index in [2.05, 4.69) is 16.1 Å². The van der Waals surface area contributed by atoms with Crippen LogP contribution in [0.2, 0.25) is 0 Å². The lowest BCUT2D eigenvalue weighted by Gasteiger charge is -2.00. The number of ether oxygens (including phenoxy) is 1. The molecule has 1 aromatic heterocycles. The van der Waals surface area contributed by atoms with Crippen LogP contribution in [0.5, 0.6) is 0 Å². The number of nitrogen functional groups attached to an aromatic ring is 1. The molecule has 0 saturated heterocycles. The van der Waals surface area contributed by atoms with E-state index in [9.17, 15) is 0 Å². The molecule has 0 aromatic carbocycles. The molecule has 0 aliphatic rings. The maximum Gasteiger partial charge on any atom is 0.219 e. The molecule has 0 atom stereocenters. The molecule has 6 heteroatoms. The van der Waals surface area contributed by atoms with Gasteiger partial charge in [-0.05, 0) is 0 Å². The van der Waals surface area contributed by atoms with Crippen molar-refractivity contribution in [2.24, 2.45) is 0 Å². The predicted octanol–water partition coefficient (Wildman–Crippen LogP) is 0.389. The lowest BCUT2D eigenvalue weighted by molar-refractivity contribution is 0.356. The number of hydrogen-bond acceptors (Lipinski definition) is 4. The van der Waals surface area contributed by atoms with E-state index in [0.29, 0.717) is 11.4 Å². The maximum atomic E-state index is 7.33. The van der Waals surface area contributed by atoms with Gasteiger partial charge in [-0.15, -0.1) is 18.8 Å². The molecule has 0 radical (unpaired) electrons. The minimum Gasteiger partial charge on any atom is -0.464 e. The van der Waals surface area contributed by atoms with Gasteiger partial charge in [0.2, 0.25) is 5.90 Å². The second-order valence-electron chi connectivity index (χ2n) is 2.02. The van der Waals surface area contributed by atoms with E-state index in [1.54, 1.807) is 0 Å². The van der Waals surface area contributed by atoms with Crippen LogP contribution in [0.1, 0.15) is 5.56 Å². The van der Waals surface area contributed by atoms with Crippen molar-refractivity contribution >= 4 is 24.1 Å². The van der Waals surface area contributed by atoms with E-state index in [0.717, 1.165) is 0 Å². The monoisotopic (exact) mass is 200 g/mol. The fourth-order valence-corrected chi connectivity index (χ4v) is 0.669. The normalized spacial score (nSPS) is 8.23. The van der Waals surface area contributed by atoms with Gasteiger partial charge >= 0.3 is 0 Å². The summed E-state index contributed by atoms with van der Waals surface area (Å²) in [6.45, 7) is 0.0590. The molecule has 0 unspecified atom stereocenters. The van der Waals surface area contributed by atoms with Crippen molar-refractivity contribution in [2.75, 3.05) is 12.3 Å². The minimum atomic E-state index is -0.0702. The molecule has 0 saturated carbocycles. The van der Waals surface area contributed by atoms with Crippen molar-refractivity contribution in [3.8, 4) is 12.3 Å². The first kappa shape index (κ1) is 11.3. The SMILES string of the molecule is C#CCOC(=N)c1cn[nH]c1N.Cl. The molecule has 13 heavy (non-hydrogen) atoms. The minimum absolute atomic E-state index is 0. The number of halogens is 1. The number of nitrogens with two attached hydrogens (primary N) is 1. The van der Waals surface area contributed by atoms with Crippen LogP contribution in [-0.4, -0.2) is 22.7 Å². The van der Waals surface area contributed by atoms with E-state index in [4.69, 9.17) is 22.3 Å². The Morgan fingerprint density at radius 3 is 3.00 bits per heavy atom. The van der Waals surface area contributed by atoms with Crippen LogP contribution >= 0.6 is 12.4 Å². The maximum absolute atomic E-state index is 7.33. The Kier molecular flexibility index (Phi) is 4.41. The van der Waals surface area contributed by atoms with Crippen LogP contribution in [0.3, 0.4) is 0 Å². The molecule has 1 heterocycles. The zero-order valence-electron chi connectivity index (χ0n) is 6.70. The molecule has 0 fully saturated rings. The van der Waals surface area contributed by atoms with E-state index >= 15 is 0 Å². The van der Waals surface area contributed by atoms with Crippen LogP contribution in [0.15, 0.2) is 6.20 Å². The second-order valence-corrected chi connectivity index (χ2v) is 2.02. The van der Waals surface area contributed by atoms with Crippen LogP contribution in [-0.2, 0) is 4.74 Å². The van der Waals surface area contributed by atoms with Crippen molar-refractivity contribution in [1.29, 1.82) is 5.41 Å². The van der Waals surface area contributed by atoms with Crippen molar-refractivity contribution in [3.63, 3.8) is 0 Å². The number of H-pyrrole nitrogens is 1. The topological polar surface area (TPSA) is 87.8 Å². The van der Waals surface area contributed by atoms with Gasteiger partial charge in [0, 0.05) is 0 Å². The molecule has 0 amide bonds. The Labute approximate surface area is 81.6 Å². The van der Waals surface area contributed by atoms with E-state index < -0.39 is 0 Å². The van der Waals surface area contributed by atoms with E-state index in [1.165, 1.54) is 6.20 Å². The smallest absolute Gasteiger partial charge is 0.219 e. The molecular formula is C7H9ClN4O. The van der Waals surface area contributed by atoms with Gasteiger partial charge in [-0.1, -0.05) is 5.92 Å². The lowest BCUT2D eigenvalue weighted by atomic mass is 10.3. The van der Waals surface area contributed by atoms with Crippen molar-refractivity contribution in [3.05, 3.63) is 11.8 Å². The fraction of sp³-hybridized carbons (Fsp3) is 0.143. The number of aromatic nitrogens is 2. The van der Waals surface area contributed by atoms with Crippen LogP contribution in [0.25, 0.3) is 0 Å². The summed E-state index contributed by atoms with van der Waals surface area (Å²) in [6.07, 6.45) is 6.35. The summed E-state index contributed by atoms with van der Waals surface area (Å²) in [5.74, 6) is 2.48. The van der Waals surface area contributed by atoms with Gasteiger partial charge in [0.15, 0.2) is 6.61 Å². The Morgan fingerprint density at radius 2 is 2.54 bits per heavy atom. The van der Waals surface area contributed by atoms with Crippen LogP contribution < -0.4 is 5.73 Å². The summed E-state index contributed by atoms with van der Waals surface area (Å²) in [6, 6.07) is 0. The number of anilines is 1. The largest absolute Gasteiger partial charge is 0.464 e. The van der Waals surface area contributed by atoms with Gasteiger partial charge < -0.3 is 10.5 Å². The van der Waals surface area contributed by atoms with Crippen molar-refractivity contribution in [1.82, 2.24) is 10.2 Å². The first-order valence-electron chi connectivity index (χ1n) is 3.19.